The highest BCUT2D eigenvalue weighted by Crippen LogP contribution is 2.31. The Morgan fingerprint density at radius 3 is 2.30 bits per heavy atom. The summed E-state index contributed by atoms with van der Waals surface area (Å²) in [5.74, 6) is 0.990. The molecule has 2 amide bonds. The van der Waals surface area contributed by atoms with E-state index in [4.69, 9.17) is 9.47 Å². The number of aromatic nitrogens is 1. The number of likely N-dealkylation sites (tertiary alicyclic amines) is 1. The number of alkyl halides is 3. The summed E-state index contributed by atoms with van der Waals surface area (Å²) in [6, 6.07) is 17.1. The third kappa shape index (κ3) is 7.93. The van der Waals surface area contributed by atoms with Crippen LogP contribution in [0.15, 0.2) is 79.1 Å². The summed E-state index contributed by atoms with van der Waals surface area (Å²) < 4.78 is 52.0. The number of carbonyl (C=O) groups excluding carboxylic acids is 2. The molecule has 3 aromatic carbocycles. The van der Waals surface area contributed by atoms with Gasteiger partial charge in [-0.05, 0) is 105 Å². The number of halogens is 3. The third-order valence-electron chi connectivity index (χ3n) is 9.19. The van der Waals surface area contributed by atoms with Gasteiger partial charge in [-0.1, -0.05) is 6.07 Å². The standard InChI is InChI=1S/C37H38F3N3O4/c1-25-33(35(44)41-22-32-4-2-3-21-46-32)14-7-27-17-18-42(24-34(25)27)23-26-15-19-43(20-16-26)36(45)28-5-10-30(11-6-28)47-31-12-8-29(9-13-31)37(38,39)40/h5-14,17-18,24,26,32H,2-4,15-16,19-23H2,1H3/p+1. The van der Waals surface area contributed by atoms with Crippen LogP contribution in [0.3, 0.4) is 0 Å². The molecule has 1 atom stereocenters. The molecule has 2 saturated heterocycles. The van der Waals surface area contributed by atoms with Crippen molar-refractivity contribution < 1.29 is 36.8 Å². The highest BCUT2D eigenvalue weighted by Gasteiger charge is 2.30. The molecule has 6 rings (SSSR count). The van der Waals surface area contributed by atoms with Crippen LogP contribution in [0.1, 0.15) is 63.9 Å². The number of ether oxygens (including phenoxy) is 2. The van der Waals surface area contributed by atoms with Gasteiger partial charge in [-0.15, -0.1) is 0 Å². The molecule has 0 spiro atoms. The van der Waals surface area contributed by atoms with Gasteiger partial charge in [0.2, 0.25) is 0 Å². The zero-order valence-corrected chi connectivity index (χ0v) is 26.4. The molecule has 0 radical (unpaired) electrons. The lowest BCUT2D eigenvalue weighted by atomic mass is 9.95. The maximum absolute atomic E-state index is 13.2. The van der Waals surface area contributed by atoms with Gasteiger partial charge in [-0.25, -0.2) is 4.57 Å². The van der Waals surface area contributed by atoms with Crippen LogP contribution in [0.4, 0.5) is 13.2 Å². The Kier molecular flexibility index (Phi) is 9.77. The van der Waals surface area contributed by atoms with Crippen LogP contribution in [-0.4, -0.2) is 49.1 Å². The number of amides is 2. The van der Waals surface area contributed by atoms with Crippen molar-refractivity contribution in [2.45, 2.75) is 57.9 Å². The Labute approximate surface area is 272 Å². The Bertz CT molecular complexity index is 1710. The first kappa shape index (κ1) is 32.5. The van der Waals surface area contributed by atoms with Crippen molar-refractivity contribution in [3.63, 3.8) is 0 Å². The topological polar surface area (TPSA) is 71.8 Å². The van der Waals surface area contributed by atoms with Gasteiger partial charge in [0.25, 0.3) is 11.8 Å². The minimum atomic E-state index is -4.40. The van der Waals surface area contributed by atoms with Gasteiger partial charge in [-0.3, -0.25) is 9.59 Å². The average Bonchev–Trinajstić information content (AvgIpc) is 3.08. The Morgan fingerprint density at radius 1 is 0.936 bits per heavy atom. The van der Waals surface area contributed by atoms with Crippen molar-refractivity contribution in [1.29, 1.82) is 0 Å². The average molecular weight is 647 g/mol. The van der Waals surface area contributed by atoms with Crippen molar-refractivity contribution >= 4 is 22.6 Å². The molecular formula is C37H39F3N3O4+. The Hall–Kier alpha value is -4.44. The van der Waals surface area contributed by atoms with Gasteiger partial charge in [0.05, 0.1) is 11.7 Å². The van der Waals surface area contributed by atoms with E-state index in [9.17, 15) is 22.8 Å². The minimum Gasteiger partial charge on any atom is -0.457 e. The number of piperidine rings is 1. The van der Waals surface area contributed by atoms with Crippen molar-refractivity contribution in [2.75, 3.05) is 26.2 Å². The number of nitrogens with zero attached hydrogens (tertiary/aromatic N) is 2. The summed E-state index contributed by atoms with van der Waals surface area (Å²) in [4.78, 5) is 28.1. The summed E-state index contributed by atoms with van der Waals surface area (Å²) in [6.07, 6.45) is 4.81. The van der Waals surface area contributed by atoms with E-state index >= 15 is 0 Å². The fraction of sp³-hybridized carbons (Fsp3) is 0.378. The van der Waals surface area contributed by atoms with Crippen LogP contribution in [0, 0.1) is 12.8 Å². The van der Waals surface area contributed by atoms with Crippen LogP contribution < -0.4 is 14.6 Å². The summed E-state index contributed by atoms with van der Waals surface area (Å²) in [6.45, 7) is 5.40. The number of aryl methyl sites for hydroxylation is 1. The molecule has 1 N–H and O–H groups in total. The number of nitrogens with one attached hydrogen (secondary N) is 1. The molecule has 2 aliphatic rings. The number of benzene rings is 3. The first-order valence-corrected chi connectivity index (χ1v) is 16.2. The number of carbonyl (C=O) groups is 2. The smallest absolute Gasteiger partial charge is 0.416 e. The van der Waals surface area contributed by atoms with E-state index in [1.165, 1.54) is 12.1 Å². The van der Waals surface area contributed by atoms with Crippen molar-refractivity contribution in [3.8, 4) is 11.5 Å². The molecule has 246 valence electrons. The summed E-state index contributed by atoms with van der Waals surface area (Å²) in [5.41, 5.74) is 1.43. The fourth-order valence-electron chi connectivity index (χ4n) is 6.39. The predicted molar refractivity (Wildman–Crippen MR) is 171 cm³/mol. The van der Waals surface area contributed by atoms with E-state index in [1.807, 2.05) is 24.0 Å². The predicted octanol–water partition coefficient (Wildman–Crippen LogP) is 7.10. The molecule has 3 heterocycles. The first-order chi connectivity index (χ1) is 22.6. The van der Waals surface area contributed by atoms with Gasteiger partial charge in [0.1, 0.15) is 11.5 Å². The second-order valence-corrected chi connectivity index (χ2v) is 12.5. The van der Waals surface area contributed by atoms with E-state index < -0.39 is 11.7 Å². The molecular weight excluding hydrogens is 607 g/mol. The SMILES string of the molecule is Cc1c(C(=O)NCC2CCCCO2)ccc2cc[n+](CC3CCN(C(=O)c4ccc(Oc5ccc(C(F)(F)F)cc5)cc4)CC3)cc12. The molecule has 2 aliphatic heterocycles. The lowest BCUT2D eigenvalue weighted by Crippen LogP contribution is -2.44. The van der Waals surface area contributed by atoms with Gasteiger partial charge in [-0.2, -0.15) is 13.2 Å². The van der Waals surface area contributed by atoms with Gasteiger partial charge < -0.3 is 19.7 Å². The van der Waals surface area contributed by atoms with E-state index in [-0.39, 0.29) is 23.7 Å². The van der Waals surface area contributed by atoms with Crippen LogP contribution in [0.2, 0.25) is 0 Å². The Morgan fingerprint density at radius 2 is 1.64 bits per heavy atom. The molecule has 0 bridgehead atoms. The zero-order valence-electron chi connectivity index (χ0n) is 26.4. The summed E-state index contributed by atoms with van der Waals surface area (Å²) in [7, 11) is 0. The maximum atomic E-state index is 13.2. The second kappa shape index (κ2) is 14.1. The van der Waals surface area contributed by atoms with Gasteiger partial charge in [0.15, 0.2) is 18.9 Å². The van der Waals surface area contributed by atoms with Crippen molar-refractivity contribution in [2.24, 2.45) is 5.92 Å². The number of pyridine rings is 1. The van der Waals surface area contributed by atoms with Crippen molar-refractivity contribution in [1.82, 2.24) is 10.2 Å². The highest BCUT2D eigenvalue weighted by molar-refractivity contribution is 6.01. The molecule has 2 fully saturated rings. The van der Waals surface area contributed by atoms with E-state index in [2.05, 4.69) is 28.3 Å². The van der Waals surface area contributed by atoms with E-state index in [0.717, 1.165) is 73.7 Å². The summed E-state index contributed by atoms with van der Waals surface area (Å²) >= 11 is 0. The van der Waals surface area contributed by atoms with Crippen molar-refractivity contribution in [3.05, 3.63) is 101 Å². The molecule has 1 aromatic heterocycles. The molecule has 4 aromatic rings. The number of fused-ring (bicyclic) bond motifs is 1. The van der Waals surface area contributed by atoms with E-state index in [0.29, 0.717) is 42.4 Å². The van der Waals surface area contributed by atoms with Gasteiger partial charge in [0, 0.05) is 54.7 Å². The van der Waals surface area contributed by atoms with Crippen LogP contribution >= 0.6 is 0 Å². The highest BCUT2D eigenvalue weighted by atomic mass is 19.4. The largest absolute Gasteiger partial charge is 0.457 e. The fourth-order valence-corrected chi connectivity index (χ4v) is 6.39. The quantitative estimate of drug-likeness (QED) is 0.208. The van der Waals surface area contributed by atoms with Crippen LogP contribution in [-0.2, 0) is 17.5 Å². The minimum absolute atomic E-state index is 0.0561. The van der Waals surface area contributed by atoms with Crippen LogP contribution in [0.25, 0.3) is 10.8 Å². The number of hydrogen-bond donors (Lipinski definition) is 1. The van der Waals surface area contributed by atoms with E-state index in [1.54, 1.807) is 24.3 Å². The maximum Gasteiger partial charge on any atom is 0.416 e. The number of rotatable bonds is 8. The molecule has 7 nitrogen and oxygen atoms in total. The lowest BCUT2D eigenvalue weighted by molar-refractivity contribution is -0.702. The molecule has 0 aliphatic carbocycles. The zero-order chi connectivity index (χ0) is 33.0. The van der Waals surface area contributed by atoms with Crippen LogP contribution in [0.5, 0.6) is 11.5 Å². The second-order valence-electron chi connectivity index (χ2n) is 12.5. The molecule has 10 heteroatoms. The molecule has 47 heavy (non-hydrogen) atoms. The monoisotopic (exact) mass is 646 g/mol. The molecule has 1 unspecified atom stereocenters. The number of hydrogen-bond acceptors (Lipinski definition) is 4. The normalized spacial score (nSPS) is 17.4. The Balaban J connectivity index is 1.02. The summed E-state index contributed by atoms with van der Waals surface area (Å²) in [5, 5.41) is 5.19. The lowest BCUT2D eigenvalue weighted by Gasteiger charge is -2.31. The van der Waals surface area contributed by atoms with Gasteiger partial charge >= 0.3 is 6.18 Å². The first-order valence-electron chi connectivity index (χ1n) is 16.2. The third-order valence-corrected chi connectivity index (χ3v) is 9.19. The molecule has 0 saturated carbocycles.